The molecule has 0 aliphatic heterocycles. The van der Waals surface area contributed by atoms with Crippen LogP contribution in [0.3, 0.4) is 0 Å². The average molecular weight is 351 g/mol. The molecule has 3 nitrogen and oxygen atoms in total. The fourth-order valence-corrected chi connectivity index (χ4v) is 3.75. The predicted molar refractivity (Wildman–Crippen MR) is 97.2 cm³/mol. The van der Waals surface area contributed by atoms with E-state index in [0.717, 1.165) is 19.3 Å². The van der Waals surface area contributed by atoms with Gasteiger partial charge in [-0.3, -0.25) is 4.18 Å². The smallest absolute Gasteiger partial charge is 0.260 e. The van der Waals surface area contributed by atoms with Gasteiger partial charge < -0.3 is 0 Å². The van der Waals surface area contributed by atoms with Crippen molar-refractivity contribution in [3.05, 3.63) is 30.3 Å². The third kappa shape index (κ3) is 9.88. The topological polar surface area (TPSA) is 43.4 Å². The first-order valence-electron chi connectivity index (χ1n) is 8.38. The first kappa shape index (κ1) is 23.1. The molecule has 5 heteroatoms. The van der Waals surface area contributed by atoms with Crippen molar-refractivity contribution < 1.29 is 12.6 Å². The van der Waals surface area contributed by atoms with Crippen molar-refractivity contribution in [3.8, 4) is 0 Å². The zero-order valence-corrected chi connectivity index (χ0v) is 18.0. The molecule has 0 saturated heterocycles. The zero-order valence-electron chi connectivity index (χ0n) is 15.2. The van der Waals surface area contributed by atoms with Crippen LogP contribution in [-0.4, -0.2) is 43.6 Å². The molecule has 1 rings (SSSR count). The SMILES string of the molecule is CCCCCCCCCC(C)(C)OS(=O)(=O)[14c]1ccccc1.[Na]. The maximum Gasteiger partial charge on any atom is 0.297 e. The van der Waals surface area contributed by atoms with E-state index in [1.165, 1.54) is 32.1 Å². The molecule has 0 unspecified atom stereocenters. The molecule has 23 heavy (non-hydrogen) atoms. The molecule has 0 aliphatic carbocycles. The van der Waals surface area contributed by atoms with Gasteiger partial charge in [0.15, 0.2) is 0 Å². The quantitative estimate of drug-likeness (QED) is 0.322. The first-order chi connectivity index (χ1) is 10.4. The number of unbranched alkanes of at least 4 members (excludes halogenated alkanes) is 6. The van der Waals surface area contributed by atoms with Gasteiger partial charge in [0.2, 0.25) is 0 Å². The Hall–Kier alpha value is 0.130. The molecule has 0 bridgehead atoms. The molecule has 0 saturated carbocycles. The summed E-state index contributed by atoms with van der Waals surface area (Å²) in [5.41, 5.74) is -0.655. The van der Waals surface area contributed by atoms with Crippen LogP contribution in [0.2, 0.25) is 0 Å². The minimum Gasteiger partial charge on any atom is -0.260 e. The second-order valence-corrected chi connectivity index (χ2v) is 8.03. The van der Waals surface area contributed by atoms with E-state index in [2.05, 4.69) is 6.92 Å². The third-order valence-corrected chi connectivity index (χ3v) is 5.27. The Bertz CT molecular complexity index is 512. The van der Waals surface area contributed by atoms with Gasteiger partial charge in [0.05, 0.1) is 10.5 Å². The molecule has 127 valence electrons. The molecule has 0 atom stereocenters. The molecule has 1 aromatic rings. The summed E-state index contributed by atoms with van der Waals surface area (Å²) in [7, 11) is -3.67. The maximum atomic E-state index is 12.2. The van der Waals surface area contributed by atoms with Crippen molar-refractivity contribution >= 4 is 39.7 Å². The van der Waals surface area contributed by atoms with Crippen LogP contribution in [0.15, 0.2) is 35.2 Å². The standard InChI is InChI=1S/C18H30O3S.Na/c1-4-5-6-7-8-9-13-16-18(2,3)21-22(19,20)17-14-11-10-12-15-17;/h10-12,14-15H,4-9,13,16H2,1-3H3;/i17+2;. The van der Waals surface area contributed by atoms with Gasteiger partial charge in [0, 0.05) is 29.6 Å². The van der Waals surface area contributed by atoms with Crippen molar-refractivity contribution in [2.45, 2.75) is 82.6 Å². The predicted octanol–water partition coefficient (Wildman–Crippen LogP) is 4.93. The van der Waals surface area contributed by atoms with Crippen molar-refractivity contribution in [3.63, 3.8) is 0 Å². The summed E-state index contributed by atoms with van der Waals surface area (Å²) < 4.78 is 29.9. The van der Waals surface area contributed by atoms with Crippen LogP contribution in [0, 0.1) is 0 Å². The summed E-state index contributed by atoms with van der Waals surface area (Å²) in [4.78, 5) is 0.225. The van der Waals surface area contributed by atoms with Crippen LogP contribution in [-0.2, 0) is 14.3 Å². The van der Waals surface area contributed by atoms with Gasteiger partial charge in [0.25, 0.3) is 10.1 Å². The normalized spacial score (nSPS) is 12.0. The molecular formula is C18H30NaO3S. The van der Waals surface area contributed by atoms with Gasteiger partial charge in [-0.15, -0.1) is 0 Å². The van der Waals surface area contributed by atoms with E-state index in [1.54, 1.807) is 30.3 Å². The minimum absolute atomic E-state index is 0. The van der Waals surface area contributed by atoms with Gasteiger partial charge in [-0.1, -0.05) is 70.1 Å². The monoisotopic (exact) mass is 351 g/mol. The molecule has 1 radical (unpaired) electrons. The summed E-state index contributed by atoms with van der Waals surface area (Å²) in [6.45, 7) is 5.92. The van der Waals surface area contributed by atoms with Crippen LogP contribution >= 0.6 is 0 Å². The zero-order chi connectivity index (χ0) is 16.5. The molecule has 0 aliphatic rings. The van der Waals surface area contributed by atoms with Crippen molar-refractivity contribution in [1.29, 1.82) is 0 Å². The van der Waals surface area contributed by atoms with E-state index >= 15 is 0 Å². The van der Waals surface area contributed by atoms with Crippen molar-refractivity contribution in [2.75, 3.05) is 0 Å². The first-order valence-corrected chi connectivity index (χ1v) is 9.79. The molecule has 1 aromatic carbocycles. The van der Waals surface area contributed by atoms with Gasteiger partial charge in [-0.2, -0.15) is 8.42 Å². The molecular weight excluding hydrogens is 321 g/mol. The second-order valence-electron chi connectivity index (χ2n) is 6.48. The van der Waals surface area contributed by atoms with Gasteiger partial charge in [-0.25, -0.2) is 0 Å². The third-order valence-electron chi connectivity index (χ3n) is 3.75. The van der Waals surface area contributed by atoms with E-state index in [4.69, 9.17) is 4.18 Å². The molecule has 0 heterocycles. The molecule has 0 amide bonds. The number of hydrogen-bond acceptors (Lipinski definition) is 3. The molecule has 0 aromatic heterocycles. The summed E-state index contributed by atoms with van der Waals surface area (Å²) in [5, 5.41) is 0. The Morgan fingerprint density at radius 3 is 2.00 bits per heavy atom. The fraction of sp³-hybridized carbons (Fsp3) is 0.667. The fourth-order valence-electron chi connectivity index (χ4n) is 2.48. The Balaban J connectivity index is 0.00000484. The summed E-state index contributed by atoms with van der Waals surface area (Å²) in [6.07, 6.45) is 9.28. The molecule has 0 N–H and O–H groups in total. The number of rotatable bonds is 11. The minimum atomic E-state index is -3.67. The summed E-state index contributed by atoms with van der Waals surface area (Å²) >= 11 is 0. The number of benzene rings is 1. The van der Waals surface area contributed by atoms with E-state index in [1.807, 2.05) is 13.8 Å². The number of hydrogen-bond donors (Lipinski definition) is 0. The molecule has 0 spiro atoms. The van der Waals surface area contributed by atoms with Gasteiger partial charge in [0.1, 0.15) is 0 Å². The summed E-state index contributed by atoms with van der Waals surface area (Å²) in [5.74, 6) is 0. The van der Waals surface area contributed by atoms with Crippen LogP contribution in [0.4, 0.5) is 0 Å². The Labute approximate surface area is 164 Å². The van der Waals surface area contributed by atoms with E-state index in [9.17, 15) is 8.42 Å². The largest absolute Gasteiger partial charge is 0.297 e. The van der Waals surface area contributed by atoms with Crippen molar-refractivity contribution in [1.82, 2.24) is 0 Å². The van der Waals surface area contributed by atoms with E-state index in [0.29, 0.717) is 0 Å². The average Bonchev–Trinajstić information content (AvgIpc) is 2.46. The Kier molecular flexibility index (Phi) is 11.7. The van der Waals surface area contributed by atoms with Crippen molar-refractivity contribution in [2.24, 2.45) is 0 Å². The van der Waals surface area contributed by atoms with E-state index < -0.39 is 15.7 Å². The Morgan fingerprint density at radius 2 is 1.43 bits per heavy atom. The van der Waals surface area contributed by atoms with E-state index in [-0.39, 0.29) is 34.5 Å². The van der Waals surface area contributed by atoms with Crippen LogP contribution in [0.25, 0.3) is 0 Å². The summed E-state index contributed by atoms with van der Waals surface area (Å²) in [6, 6.07) is 8.35. The van der Waals surface area contributed by atoms with Crippen LogP contribution in [0.5, 0.6) is 0 Å². The van der Waals surface area contributed by atoms with Gasteiger partial charge >= 0.3 is 0 Å². The Morgan fingerprint density at radius 1 is 0.913 bits per heavy atom. The maximum absolute atomic E-state index is 12.2. The van der Waals surface area contributed by atoms with Crippen LogP contribution < -0.4 is 0 Å². The van der Waals surface area contributed by atoms with Crippen LogP contribution in [0.1, 0.15) is 72.1 Å². The molecule has 0 fully saturated rings. The van der Waals surface area contributed by atoms with Gasteiger partial charge in [-0.05, 0) is 32.4 Å². The second kappa shape index (κ2) is 11.6.